The fourth-order valence-corrected chi connectivity index (χ4v) is 5.95. The highest BCUT2D eigenvalue weighted by Gasteiger charge is 2.02. The van der Waals surface area contributed by atoms with Crippen molar-refractivity contribution in [3.05, 3.63) is 24.3 Å². The molecule has 0 aromatic heterocycles. The van der Waals surface area contributed by atoms with Crippen LogP contribution in [-0.2, 0) is 9.59 Å². The van der Waals surface area contributed by atoms with Gasteiger partial charge in [0.1, 0.15) is 0 Å². The molecule has 0 aliphatic heterocycles. The highest BCUT2D eigenvalue weighted by atomic mass is 16.2. The van der Waals surface area contributed by atoms with Crippen LogP contribution in [0.5, 0.6) is 0 Å². The average Bonchev–Trinajstić information content (AvgIpc) is 3.05. The van der Waals surface area contributed by atoms with Crippen molar-refractivity contribution in [1.29, 1.82) is 0 Å². The number of carbonyl (C=O) groups excluding carboxylic acids is 2. The van der Waals surface area contributed by atoms with Gasteiger partial charge in [-0.05, 0) is 77.0 Å². The van der Waals surface area contributed by atoms with Gasteiger partial charge in [-0.2, -0.15) is 0 Å². The van der Waals surface area contributed by atoms with Crippen LogP contribution in [0.25, 0.3) is 0 Å². The van der Waals surface area contributed by atoms with E-state index in [4.69, 9.17) is 0 Å². The minimum atomic E-state index is 0.209. The lowest BCUT2D eigenvalue weighted by atomic mass is 10.1. The van der Waals surface area contributed by atoms with Gasteiger partial charge in [0.05, 0.1) is 0 Å². The molecule has 4 nitrogen and oxygen atoms in total. The Morgan fingerprint density at radius 3 is 0.935 bits per heavy atom. The monoisotopic (exact) mass is 645 g/mol. The fraction of sp³-hybridized carbons (Fsp3) is 0.857. The molecular weight excluding hydrogens is 564 g/mol. The Kier molecular flexibility index (Phi) is 38.2. The molecule has 0 bridgehead atoms. The number of amides is 2. The van der Waals surface area contributed by atoms with Gasteiger partial charge in [-0.15, -0.1) is 0 Å². The molecule has 0 aromatic rings. The molecule has 0 aromatic carbocycles. The van der Waals surface area contributed by atoms with Crippen molar-refractivity contribution < 1.29 is 9.59 Å². The molecule has 0 fully saturated rings. The van der Waals surface area contributed by atoms with Gasteiger partial charge in [-0.3, -0.25) is 9.59 Å². The topological polar surface area (TPSA) is 58.2 Å². The molecule has 0 saturated heterocycles. The molecule has 2 N–H and O–H groups in total. The number of rotatable bonds is 37. The fourth-order valence-electron chi connectivity index (χ4n) is 5.95. The Morgan fingerprint density at radius 1 is 0.348 bits per heavy atom. The molecule has 0 spiro atoms. The second-order valence-electron chi connectivity index (χ2n) is 13.8. The summed E-state index contributed by atoms with van der Waals surface area (Å²) in [5.74, 6) is 0.418. The summed E-state index contributed by atoms with van der Waals surface area (Å²) in [7, 11) is 0. The van der Waals surface area contributed by atoms with Crippen molar-refractivity contribution in [2.45, 2.75) is 219 Å². The summed E-state index contributed by atoms with van der Waals surface area (Å²) in [6.07, 6.45) is 48.5. The van der Waals surface area contributed by atoms with E-state index in [2.05, 4.69) is 48.8 Å². The molecule has 2 amide bonds. The third-order valence-electron chi connectivity index (χ3n) is 9.08. The molecule has 0 saturated carbocycles. The predicted octanol–water partition coefficient (Wildman–Crippen LogP) is 12.9. The van der Waals surface area contributed by atoms with Gasteiger partial charge in [0.25, 0.3) is 0 Å². The largest absolute Gasteiger partial charge is 0.356 e. The van der Waals surface area contributed by atoms with E-state index in [-0.39, 0.29) is 11.8 Å². The van der Waals surface area contributed by atoms with Crippen molar-refractivity contribution in [3.8, 4) is 0 Å². The van der Waals surface area contributed by atoms with E-state index < -0.39 is 0 Å². The van der Waals surface area contributed by atoms with Gasteiger partial charge >= 0.3 is 0 Å². The van der Waals surface area contributed by atoms with Crippen molar-refractivity contribution in [1.82, 2.24) is 10.6 Å². The van der Waals surface area contributed by atoms with E-state index in [1.807, 2.05) is 0 Å². The van der Waals surface area contributed by atoms with E-state index in [9.17, 15) is 9.59 Å². The Balaban J connectivity index is 3.30. The van der Waals surface area contributed by atoms with Crippen LogP contribution in [0.3, 0.4) is 0 Å². The predicted molar refractivity (Wildman–Crippen MR) is 203 cm³/mol. The first-order valence-electron chi connectivity index (χ1n) is 20.5. The van der Waals surface area contributed by atoms with Gasteiger partial charge in [-0.25, -0.2) is 0 Å². The Morgan fingerprint density at radius 2 is 0.609 bits per heavy atom. The van der Waals surface area contributed by atoms with Gasteiger partial charge in [0, 0.05) is 25.9 Å². The van der Waals surface area contributed by atoms with Gasteiger partial charge in [0.15, 0.2) is 0 Å². The molecule has 0 aliphatic carbocycles. The quantitative estimate of drug-likeness (QED) is 0.0522. The van der Waals surface area contributed by atoms with Crippen LogP contribution in [-0.4, -0.2) is 24.9 Å². The number of carbonyl (C=O) groups is 2. The van der Waals surface area contributed by atoms with Crippen LogP contribution < -0.4 is 10.6 Å². The molecule has 0 aliphatic rings. The van der Waals surface area contributed by atoms with Gasteiger partial charge in [-0.1, -0.05) is 154 Å². The number of allylic oxidation sites excluding steroid dienone is 4. The lowest BCUT2D eigenvalue weighted by Crippen LogP contribution is -2.24. The Hall–Kier alpha value is -1.58. The molecule has 4 heteroatoms. The summed E-state index contributed by atoms with van der Waals surface area (Å²) in [6.45, 7) is 6.11. The first-order chi connectivity index (χ1) is 22.7. The maximum absolute atomic E-state index is 12.1. The lowest BCUT2D eigenvalue weighted by molar-refractivity contribution is -0.122. The highest BCUT2D eigenvalue weighted by Crippen LogP contribution is 2.12. The zero-order valence-electron chi connectivity index (χ0n) is 31.2. The van der Waals surface area contributed by atoms with E-state index >= 15 is 0 Å². The third-order valence-corrected chi connectivity index (χ3v) is 9.08. The number of unbranched alkanes of at least 4 members (excludes halogenated alkanes) is 25. The number of nitrogens with one attached hydrogen (secondary N) is 2. The SMILES string of the molecule is CCCCCCCC/C=C/CCCCCCCC(=O)NCCCCCCNC(=O)CCCCCCC/C=C/CCCCCCCC. The first kappa shape index (κ1) is 44.4. The molecule has 0 heterocycles. The molecule has 0 atom stereocenters. The summed E-state index contributed by atoms with van der Waals surface area (Å²) < 4.78 is 0. The second kappa shape index (κ2) is 39.6. The summed E-state index contributed by atoms with van der Waals surface area (Å²) in [4.78, 5) is 24.1. The first-order valence-corrected chi connectivity index (χ1v) is 20.5. The summed E-state index contributed by atoms with van der Waals surface area (Å²) in [5.41, 5.74) is 0. The standard InChI is InChI=1S/C42H80N2O2/c1-3-5-7-9-11-13-15-17-19-21-23-25-27-29-33-37-41(45)43-39-35-31-32-36-40-44-42(46)38-34-30-28-26-24-22-20-18-16-14-12-10-8-6-4-2/h17-20H,3-16,21-40H2,1-2H3,(H,43,45)(H,44,46)/b19-17+,20-18+. The molecule has 0 radical (unpaired) electrons. The van der Waals surface area contributed by atoms with E-state index in [0.29, 0.717) is 12.8 Å². The van der Waals surface area contributed by atoms with Gasteiger partial charge < -0.3 is 10.6 Å². The van der Waals surface area contributed by atoms with Crippen LogP contribution in [0.4, 0.5) is 0 Å². The molecule has 270 valence electrons. The van der Waals surface area contributed by atoms with Crippen molar-refractivity contribution in [2.75, 3.05) is 13.1 Å². The van der Waals surface area contributed by atoms with Crippen molar-refractivity contribution in [2.24, 2.45) is 0 Å². The summed E-state index contributed by atoms with van der Waals surface area (Å²) in [6, 6.07) is 0. The lowest BCUT2D eigenvalue weighted by Gasteiger charge is -2.07. The highest BCUT2D eigenvalue weighted by molar-refractivity contribution is 5.76. The van der Waals surface area contributed by atoms with Crippen LogP contribution in [0, 0.1) is 0 Å². The Labute approximate surface area is 288 Å². The smallest absolute Gasteiger partial charge is 0.219 e. The zero-order chi connectivity index (χ0) is 33.4. The Bertz CT molecular complexity index is 629. The van der Waals surface area contributed by atoms with Crippen LogP contribution >= 0.6 is 0 Å². The van der Waals surface area contributed by atoms with Gasteiger partial charge in [0.2, 0.25) is 11.8 Å². The van der Waals surface area contributed by atoms with Crippen molar-refractivity contribution >= 4 is 11.8 Å². The van der Waals surface area contributed by atoms with Crippen molar-refractivity contribution in [3.63, 3.8) is 0 Å². The van der Waals surface area contributed by atoms with Crippen LogP contribution in [0.2, 0.25) is 0 Å². The average molecular weight is 645 g/mol. The minimum absolute atomic E-state index is 0.209. The normalized spacial score (nSPS) is 11.6. The van der Waals surface area contributed by atoms with E-state index in [1.165, 1.54) is 141 Å². The molecule has 0 unspecified atom stereocenters. The summed E-state index contributed by atoms with van der Waals surface area (Å²) >= 11 is 0. The van der Waals surface area contributed by atoms with E-state index in [1.54, 1.807) is 0 Å². The molecular formula is C42H80N2O2. The van der Waals surface area contributed by atoms with E-state index in [0.717, 1.165) is 64.5 Å². The third kappa shape index (κ3) is 38.6. The molecule has 46 heavy (non-hydrogen) atoms. The zero-order valence-corrected chi connectivity index (χ0v) is 31.2. The maximum atomic E-state index is 12.1. The van der Waals surface area contributed by atoms with Crippen LogP contribution in [0.15, 0.2) is 24.3 Å². The summed E-state index contributed by atoms with van der Waals surface area (Å²) in [5, 5.41) is 6.16. The number of hydrogen-bond acceptors (Lipinski definition) is 2. The molecule has 0 rings (SSSR count). The maximum Gasteiger partial charge on any atom is 0.219 e. The number of hydrogen-bond donors (Lipinski definition) is 2. The van der Waals surface area contributed by atoms with Crippen LogP contribution in [0.1, 0.15) is 219 Å². The second-order valence-corrected chi connectivity index (χ2v) is 13.8. The minimum Gasteiger partial charge on any atom is -0.356 e.